The molecule has 3 rings (SSSR count). The minimum atomic E-state index is -0.122. The number of hydrogen-bond acceptors (Lipinski definition) is 6. The lowest BCUT2D eigenvalue weighted by Crippen LogP contribution is -2.41. The molecular weight excluding hydrogens is 332 g/mol. The highest BCUT2D eigenvalue weighted by atomic mass is 16.5. The molecule has 138 valence electrons. The third kappa shape index (κ3) is 4.04. The number of methoxy groups -OCH3 is 2. The van der Waals surface area contributed by atoms with Gasteiger partial charge in [0.05, 0.1) is 31.5 Å². The summed E-state index contributed by atoms with van der Waals surface area (Å²) in [6, 6.07) is 9.24. The minimum Gasteiger partial charge on any atom is -0.497 e. The standard InChI is InChI=1S/C19H24N4O3/c1-13-6-9-18(22-21-13)23-10-4-5-14(12-23)19(24)20-16-11-15(25-2)7-8-17(16)26-3/h6-9,11,14H,4-5,10,12H2,1-3H3,(H,20,24). The fourth-order valence-corrected chi connectivity index (χ4v) is 3.11. The summed E-state index contributed by atoms with van der Waals surface area (Å²) >= 11 is 0. The van der Waals surface area contributed by atoms with Crippen LogP contribution in [0.15, 0.2) is 30.3 Å². The largest absolute Gasteiger partial charge is 0.497 e. The van der Waals surface area contributed by atoms with Crippen LogP contribution < -0.4 is 19.7 Å². The Kier molecular flexibility index (Phi) is 5.55. The number of anilines is 2. The molecule has 1 aromatic heterocycles. The Balaban J connectivity index is 1.70. The summed E-state index contributed by atoms with van der Waals surface area (Å²) in [7, 11) is 3.17. The smallest absolute Gasteiger partial charge is 0.229 e. The van der Waals surface area contributed by atoms with Gasteiger partial charge in [0, 0.05) is 19.2 Å². The van der Waals surface area contributed by atoms with Gasteiger partial charge in [-0.15, -0.1) is 5.10 Å². The third-order valence-corrected chi connectivity index (χ3v) is 4.56. The molecule has 1 aromatic carbocycles. The van der Waals surface area contributed by atoms with E-state index in [1.807, 2.05) is 19.1 Å². The first-order chi connectivity index (χ1) is 12.6. The molecule has 1 amide bonds. The minimum absolute atomic E-state index is 0.0266. The van der Waals surface area contributed by atoms with Gasteiger partial charge in [-0.1, -0.05) is 0 Å². The van der Waals surface area contributed by atoms with E-state index in [-0.39, 0.29) is 11.8 Å². The molecule has 1 atom stereocenters. The normalized spacial score (nSPS) is 16.9. The van der Waals surface area contributed by atoms with Crippen LogP contribution in [0.25, 0.3) is 0 Å². The molecule has 0 radical (unpaired) electrons. The van der Waals surface area contributed by atoms with Gasteiger partial charge in [0.25, 0.3) is 0 Å². The number of carbonyl (C=O) groups excluding carboxylic acids is 1. The van der Waals surface area contributed by atoms with Gasteiger partial charge in [-0.25, -0.2) is 0 Å². The SMILES string of the molecule is COc1ccc(OC)c(NC(=O)C2CCCN(c3ccc(C)nn3)C2)c1. The maximum absolute atomic E-state index is 12.8. The van der Waals surface area contributed by atoms with E-state index in [0.717, 1.165) is 30.9 Å². The van der Waals surface area contributed by atoms with E-state index in [1.165, 1.54) is 0 Å². The Morgan fingerprint density at radius 1 is 1.19 bits per heavy atom. The summed E-state index contributed by atoms with van der Waals surface area (Å²) in [5.74, 6) is 1.94. The third-order valence-electron chi connectivity index (χ3n) is 4.56. The van der Waals surface area contributed by atoms with Crippen LogP contribution in [0.1, 0.15) is 18.5 Å². The highest BCUT2D eigenvalue weighted by Gasteiger charge is 2.27. The van der Waals surface area contributed by atoms with Crippen molar-refractivity contribution < 1.29 is 14.3 Å². The van der Waals surface area contributed by atoms with Crippen LogP contribution >= 0.6 is 0 Å². The fraction of sp³-hybridized carbons (Fsp3) is 0.421. The second-order valence-electron chi connectivity index (χ2n) is 6.37. The average Bonchev–Trinajstić information content (AvgIpc) is 2.68. The number of amides is 1. The van der Waals surface area contributed by atoms with E-state index in [9.17, 15) is 4.79 Å². The van der Waals surface area contributed by atoms with Crippen LogP contribution in [-0.4, -0.2) is 43.4 Å². The Bertz CT molecular complexity index is 764. The molecule has 1 aliphatic rings. The van der Waals surface area contributed by atoms with E-state index < -0.39 is 0 Å². The molecule has 26 heavy (non-hydrogen) atoms. The first-order valence-corrected chi connectivity index (χ1v) is 8.69. The highest BCUT2D eigenvalue weighted by molar-refractivity contribution is 5.94. The number of rotatable bonds is 5. The molecule has 7 nitrogen and oxygen atoms in total. The predicted molar refractivity (Wildman–Crippen MR) is 99.9 cm³/mol. The Labute approximate surface area is 153 Å². The molecule has 0 bridgehead atoms. The topological polar surface area (TPSA) is 76.6 Å². The summed E-state index contributed by atoms with van der Waals surface area (Å²) in [4.78, 5) is 14.9. The molecule has 2 aromatic rings. The second-order valence-corrected chi connectivity index (χ2v) is 6.37. The zero-order chi connectivity index (χ0) is 18.5. The molecule has 1 N–H and O–H groups in total. The van der Waals surface area contributed by atoms with E-state index in [1.54, 1.807) is 32.4 Å². The average molecular weight is 356 g/mol. The zero-order valence-electron chi connectivity index (χ0n) is 15.4. The zero-order valence-corrected chi connectivity index (χ0v) is 15.4. The van der Waals surface area contributed by atoms with Gasteiger partial charge >= 0.3 is 0 Å². The molecule has 0 spiro atoms. The maximum atomic E-state index is 12.8. The van der Waals surface area contributed by atoms with Gasteiger partial charge in [-0.3, -0.25) is 4.79 Å². The molecule has 2 heterocycles. The maximum Gasteiger partial charge on any atom is 0.229 e. The van der Waals surface area contributed by atoms with Crippen molar-refractivity contribution in [1.29, 1.82) is 0 Å². The quantitative estimate of drug-likeness (QED) is 0.888. The van der Waals surface area contributed by atoms with Crippen molar-refractivity contribution in [1.82, 2.24) is 10.2 Å². The lowest BCUT2D eigenvalue weighted by atomic mass is 9.97. The van der Waals surface area contributed by atoms with Crippen LogP contribution in [0, 0.1) is 12.8 Å². The lowest BCUT2D eigenvalue weighted by molar-refractivity contribution is -0.120. The first kappa shape index (κ1) is 18.0. The van der Waals surface area contributed by atoms with Crippen molar-refractivity contribution in [3.8, 4) is 11.5 Å². The molecule has 7 heteroatoms. The van der Waals surface area contributed by atoms with Crippen molar-refractivity contribution in [3.63, 3.8) is 0 Å². The van der Waals surface area contributed by atoms with Crippen LogP contribution in [-0.2, 0) is 4.79 Å². The van der Waals surface area contributed by atoms with Crippen molar-refractivity contribution in [2.75, 3.05) is 37.5 Å². The molecule has 1 saturated heterocycles. The summed E-state index contributed by atoms with van der Waals surface area (Å²) in [5.41, 5.74) is 1.49. The van der Waals surface area contributed by atoms with Crippen molar-refractivity contribution >= 4 is 17.4 Å². The number of nitrogens with one attached hydrogen (secondary N) is 1. The number of benzene rings is 1. The second kappa shape index (κ2) is 8.03. The van der Waals surface area contributed by atoms with E-state index in [2.05, 4.69) is 20.4 Å². The van der Waals surface area contributed by atoms with E-state index in [4.69, 9.17) is 9.47 Å². The van der Waals surface area contributed by atoms with Gasteiger partial charge < -0.3 is 19.7 Å². The highest BCUT2D eigenvalue weighted by Crippen LogP contribution is 2.30. The molecule has 0 saturated carbocycles. The number of ether oxygens (including phenoxy) is 2. The monoisotopic (exact) mass is 356 g/mol. The summed E-state index contributed by atoms with van der Waals surface area (Å²) in [5, 5.41) is 11.3. The number of hydrogen-bond donors (Lipinski definition) is 1. The number of aryl methyl sites for hydroxylation is 1. The number of aromatic nitrogens is 2. The van der Waals surface area contributed by atoms with Gasteiger partial charge in [-0.05, 0) is 44.0 Å². The Morgan fingerprint density at radius 2 is 2.04 bits per heavy atom. The van der Waals surface area contributed by atoms with Crippen LogP contribution in [0.4, 0.5) is 11.5 Å². The van der Waals surface area contributed by atoms with Crippen LogP contribution in [0.2, 0.25) is 0 Å². The van der Waals surface area contributed by atoms with Crippen LogP contribution in [0.3, 0.4) is 0 Å². The Hall–Kier alpha value is -2.83. The Morgan fingerprint density at radius 3 is 2.73 bits per heavy atom. The van der Waals surface area contributed by atoms with Crippen molar-refractivity contribution in [2.24, 2.45) is 5.92 Å². The van der Waals surface area contributed by atoms with Crippen molar-refractivity contribution in [2.45, 2.75) is 19.8 Å². The molecule has 0 aliphatic carbocycles. The van der Waals surface area contributed by atoms with Gasteiger partial charge in [0.15, 0.2) is 5.82 Å². The molecule has 1 unspecified atom stereocenters. The van der Waals surface area contributed by atoms with E-state index in [0.29, 0.717) is 23.7 Å². The van der Waals surface area contributed by atoms with Crippen LogP contribution in [0.5, 0.6) is 11.5 Å². The molecular formula is C19H24N4O3. The number of carbonyl (C=O) groups is 1. The number of piperidine rings is 1. The van der Waals surface area contributed by atoms with Gasteiger partial charge in [0.1, 0.15) is 11.5 Å². The number of nitrogens with zero attached hydrogens (tertiary/aromatic N) is 3. The lowest BCUT2D eigenvalue weighted by Gasteiger charge is -2.32. The summed E-state index contributed by atoms with van der Waals surface area (Å²) < 4.78 is 10.6. The summed E-state index contributed by atoms with van der Waals surface area (Å²) in [6.45, 7) is 3.41. The molecule has 1 aliphatic heterocycles. The summed E-state index contributed by atoms with van der Waals surface area (Å²) in [6.07, 6.45) is 1.77. The predicted octanol–water partition coefficient (Wildman–Crippen LogP) is 2.66. The van der Waals surface area contributed by atoms with Gasteiger partial charge in [0.2, 0.25) is 5.91 Å². The fourth-order valence-electron chi connectivity index (χ4n) is 3.11. The van der Waals surface area contributed by atoms with Crippen molar-refractivity contribution in [3.05, 3.63) is 36.0 Å². The molecule has 1 fully saturated rings. The van der Waals surface area contributed by atoms with E-state index >= 15 is 0 Å². The van der Waals surface area contributed by atoms with Gasteiger partial charge in [-0.2, -0.15) is 5.10 Å². The first-order valence-electron chi connectivity index (χ1n) is 8.69.